The minimum Gasteiger partial charge on any atom is -0.497 e. The summed E-state index contributed by atoms with van der Waals surface area (Å²) in [5.41, 5.74) is 1.29. The van der Waals surface area contributed by atoms with Crippen LogP contribution in [0.1, 0.15) is 6.42 Å². The van der Waals surface area contributed by atoms with E-state index in [-0.39, 0.29) is 0 Å². The summed E-state index contributed by atoms with van der Waals surface area (Å²) in [6.07, 6.45) is 1.38. The normalized spacial score (nSPS) is 24.7. The van der Waals surface area contributed by atoms with Crippen molar-refractivity contribution < 1.29 is 4.74 Å². The zero-order valence-corrected chi connectivity index (χ0v) is 12.4. The lowest BCUT2D eigenvalue weighted by Gasteiger charge is -2.39. The Morgan fingerprint density at radius 3 is 2.74 bits per heavy atom. The zero-order valence-electron chi connectivity index (χ0n) is 11.5. The summed E-state index contributed by atoms with van der Waals surface area (Å²) < 4.78 is 5.31. The molecule has 0 aromatic heterocycles. The largest absolute Gasteiger partial charge is 0.497 e. The number of anilines is 1. The van der Waals surface area contributed by atoms with Crippen LogP contribution in [-0.4, -0.2) is 55.7 Å². The number of hydrogen-bond donors (Lipinski definition) is 0. The van der Waals surface area contributed by atoms with Crippen molar-refractivity contribution >= 4 is 17.4 Å². The molecule has 1 aromatic rings. The van der Waals surface area contributed by atoms with E-state index in [0.29, 0.717) is 0 Å². The van der Waals surface area contributed by atoms with Crippen molar-refractivity contribution in [1.82, 2.24) is 4.90 Å². The van der Waals surface area contributed by atoms with Crippen LogP contribution in [0.2, 0.25) is 0 Å². The number of nitrogens with zero attached hydrogens (tertiary/aromatic N) is 2. The summed E-state index contributed by atoms with van der Waals surface area (Å²) in [7, 11) is 1.73. The lowest BCUT2D eigenvalue weighted by molar-refractivity contribution is 0.201. The maximum Gasteiger partial charge on any atom is 0.120 e. The molecule has 1 aromatic carbocycles. The Balaban J connectivity index is 1.59. The van der Waals surface area contributed by atoms with Crippen molar-refractivity contribution in [2.75, 3.05) is 49.7 Å². The Bertz CT molecular complexity index is 412. The van der Waals surface area contributed by atoms with Crippen molar-refractivity contribution in [2.24, 2.45) is 0 Å². The summed E-state index contributed by atoms with van der Waals surface area (Å²) in [6.45, 7) is 4.66. The lowest BCUT2D eigenvalue weighted by atomic mass is 10.1. The molecule has 19 heavy (non-hydrogen) atoms. The number of rotatable bonds is 3. The fourth-order valence-corrected chi connectivity index (χ4v) is 4.22. The van der Waals surface area contributed by atoms with Crippen LogP contribution in [0, 0.1) is 0 Å². The van der Waals surface area contributed by atoms with Crippen LogP contribution in [0.3, 0.4) is 0 Å². The molecular weight excluding hydrogens is 256 g/mol. The van der Waals surface area contributed by atoms with E-state index in [1.165, 1.54) is 36.7 Å². The molecule has 0 aliphatic carbocycles. The van der Waals surface area contributed by atoms with E-state index >= 15 is 0 Å². The fourth-order valence-electron chi connectivity index (χ4n) is 2.96. The van der Waals surface area contributed by atoms with E-state index in [9.17, 15) is 0 Å². The molecule has 2 saturated heterocycles. The number of methoxy groups -OCH3 is 1. The Labute approximate surface area is 119 Å². The predicted molar refractivity (Wildman–Crippen MR) is 82.5 cm³/mol. The number of hydrogen-bond acceptors (Lipinski definition) is 4. The first kappa shape index (κ1) is 13.1. The smallest absolute Gasteiger partial charge is 0.120 e. The van der Waals surface area contributed by atoms with E-state index < -0.39 is 0 Å². The first-order valence-corrected chi connectivity index (χ1v) is 8.23. The minimum atomic E-state index is 0.831. The van der Waals surface area contributed by atoms with Crippen LogP contribution in [0.4, 0.5) is 5.69 Å². The van der Waals surface area contributed by atoms with Crippen molar-refractivity contribution in [2.45, 2.75) is 12.5 Å². The van der Waals surface area contributed by atoms with E-state index in [2.05, 4.69) is 39.8 Å². The summed E-state index contributed by atoms with van der Waals surface area (Å²) in [4.78, 5) is 5.15. The van der Waals surface area contributed by atoms with Crippen molar-refractivity contribution in [1.29, 1.82) is 0 Å². The summed E-state index contributed by atoms with van der Waals surface area (Å²) in [5.74, 6) is 3.63. The highest BCUT2D eigenvalue weighted by Crippen LogP contribution is 2.26. The van der Waals surface area contributed by atoms with Gasteiger partial charge < -0.3 is 9.64 Å². The predicted octanol–water partition coefficient (Wildman–Crippen LogP) is 2.32. The summed E-state index contributed by atoms with van der Waals surface area (Å²) in [6, 6.07) is 9.24. The molecule has 2 heterocycles. The molecule has 0 bridgehead atoms. The van der Waals surface area contributed by atoms with E-state index in [1.807, 2.05) is 6.07 Å². The molecule has 3 nitrogen and oxygen atoms in total. The monoisotopic (exact) mass is 278 g/mol. The molecule has 0 N–H and O–H groups in total. The minimum absolute atomic E-state index is 0.831. The van der Waals surface area contributed by atoms with Gasteiger partial charge in [0.15, 0.2) is 0 Å². The summed E-state index contributed by atoms with van der Waals surface area (Å²) in [5, 5.41) is 0. The highest BCUT2D eigenvalue weighted by molar-refractivity contribution is 7.99. The number of thioether (sulfide) groups is 1. The molecular formula is C15H22N2OS. The Kier molecular flexibility index (Phi) is 4.18. The Hall–Kier alpha value is -0.870. The van der Waals surface area contributed by atoms with Crippen LogP contribution < -0.4 is 9.64 Å². The van der Waals surface area contributed by atoms with Crippen LogP contribution in [0.15, 0.2) is 24.3 Å². The first-order chi connectivity index (χ1) is 9.36. The lowest BCUT2D eigenvalue weighted by Crippen LogP contribution is -2.50. The van der Waals surface area contributed by atoms with Crippen LogP contribution in [0.25, 0.3) is 0 Å². The standard InChI is InChI=1S/C15H22N2OS/c1-18-15-4-2-3-13(11-15)16-6-8-17(9-7-16)14-5-10-19-12-14/h2-4,11,14H,5-10,12H2,1H3/t14-/m0/s1. The van der Waals surface area contributed by atoms with Gasteiger partial charge >= 0.3 is 0 Å². The molecule has 0 saturated carbocycles. The Morgan fingerprint density at radius 1 is 1.21 bits per heavy atom. The molecule has 2 fully saturated rings. The second kappa shape index (κ2) is 6.06. The molecule has 0 spiro atoms. The van der Waals surface area contributed by atoms with Gasteiger partial charge in [-0.05, 0) is 24.3 Å². The van der Waals surface area contributed by atoms with Crippen molar-refractivity contribution in [3.63, 3.8) is 0 Å². The average Bonchev–Trinajstić information content (AvgIpc) is 3.02. The Morgan fingerprint density at radius 2 is 2.05 bits per heavy atom. The van der Waals surface area contributed by atoms with Crippen molar-refractivity contribution in [3.8, 4) is 5.75 Å². The maximum atomic E-state index is 5.31. The average molecular weight is 278 g/mol. The van der Waals surface area contributed by atoms with Gasteiger partial charge in [-0.2, -0.15) is 11.8 Å². The molecule has 4 heteroatoms. The second-order valence-corrected chi connectivity index (χ2v) is 6.39. The third-order valence-corrected chi connectivity index (χ3v) is 5.30. The van der Waals surface area contributed by atoms with Crippen LogP contribution >= 0.6 is 11.8 Å². The van der Waals surface area contributed by atoms with Gasteiger partial charge in [0.1, 0.15) is 5.75 Å². The third-order valence-electron chi connectivity index (χ3n) is 4.15. The number of ether oxygens (including phenoxy) is 1. The van der Waals surface area contributed by atoms with Gasteiger partial charge in [0.2, 0.25) is 0 Å². The van der Waals surface area contributed by atoms with Gasteiger partial charge in [-0.15, -0.1) is 0 Å². The topological polar surface area (TPSA) is 15.7 Å². The molecule has 0 unspecified atom stereocenters. The van der Waals surface area contributed by atoms with Crippen LogP contribution in [-0.2, 0) is 0 Å². The fraction of sp³-hybridized carbons (Fsp3) is 0.600. The zero-order chi connectivity index (χ0) is 13.1. The maximum absolute atomic E-state index is 5.31. The molecule has 2 aliphatic rings. The van der Waals surface area contributed by atoms with Gasteiger partial charge in [0.25, 0.3) is 0 Å². The van der Waals surface area contributed by atoms with Crippen LogP contribution in [0.5, 0.6) is 5.75 Å². The molecule has 3 rings (SSSR count). The molecule has 104 valence electrons. The number of piperazine rings is 1. The van der Waals surface area contributed by atoms with E-state index in [0.717, 1.165) is 24.9 Å². The first-order valence-electron chi connectivity index (χ1n) is 7.07. The van der Waals surface area contributed by atoms with Gasteiger partial charge in [0, 0.05) is 49.7 Å². The highest BCUT2D eigenvalue weighted by atomic mass is 32.2. The number of benzene rings is 1. The molecule has 1 atom stereocenters. The van der Waals surface area contributed by atoms with Gasteiger partial charge in [-0.1, -0.05) is 6.07 Å². The van der Waals surface area contributed by atoms with Gasteiger partial charge in [-0.25, -0.2) is 0 Å². The highest BCUT2D eigenvalue weighted by Gasteiger charge is 2.26. The molecule has 0 radical (unpaired) electrons. The molecule has 2 aliphatic heterocycles. The third kappa shape index (κ3) is 3.00. The van der Waals surface area contributed by atoms with Gasteiger partial charge in [-0.3, -0.25) is 4.90 Å². The SMILES string of the molecule is COc1cccc(N2CCN([C@H]3CCSC3)CC2)c1. The second-order valence-electron chi connectivity index (χ2n) is 5.24. The van der Waals surface area contributed by atoms with Gasteiger partial charge in [0.05, 0.1) is 7.11 Å². The van der Waals surface area contributed by atoms with Crippen molar-refractivity contribution in [3.05, 3.63) is 24.3 Å². The quantitative estimate of drug-likeness (QED) is 0.843. The van der Waals surface area contributed by atoms with E-state index in [4.69, 9.17) is 4.74 Å². The summed E-state index contributed by atoms with van der Waals surface area (Å²) >= 11 is 2.11. The molecule has 0 amide bonds. The van der Waals surface area contributed by atoms with E-state index in [1.54, 1.807) is 7.11 Å².